The highest BCUT2D eigenvalue weighted by Crippen LogP contribution is 2.05. The molecule has 0 radical (unpaired) electrons. The summed E-state index contributed by atoms with van der Waals surface area (Å²) in [5.74, 6) is -1.95. The Kier molecular flexibility index (Phi) is 6.03. The fourth-order valence-corrected chi connectivity index (χ4v) is 1.28. The van der Waals surface area contributed by atoms with Crippen molar-refractivity contribution in [2.45, 2.75) is 12.8 Å². The molecule has 0 aromatic heterocycles. The van der Waals surface area contributed by atoms with Crippen LogP contribution in [-0.2, 0) is 9.53 Å². The van der Waals surface area contributed by atoms with Gasteiger partial charge in [-0.05, 0) is 18.6 Å². The van der Waals surface area contributed by atoms with Crippen molar-refractivity contribution in [3.8, 4) is 6.07 Å². The Morgan fingerprint density at radius 2 is 2.11 bits per heavy atom. The van der Waals surface area contributed by atoms with Crippen LogP contribution in [0.5, 0.6) is 0 Å². The topological polar surface area (TPSA) is 79.2 Å². The lowest BCUT2D eigenvalue weighted by Gasteiger charge is -2.06. The Morgan fingerprint density at radius 1 is 1.37 bits per heavy atom. The molecule has 0 heterocycles. The summed E-state index contributed by atoms with van der Waals surface area (Å²) in [6, 6.07) is 7.39. The summed E-state index contributed by atoms with van der Waals surface area (Å²) in [7, 11) is 0. The van der Waals surface area contributed by atoms with Crippen molar-refractivity contribution >= 4 is 11.9 Å². The highest BCUT2D eigenvalue weighted by atomic mass is 19.1. The van der Waals surface area contributed by atoms with E-state index in [1.54, 1.807) is 0 Å². The Bertz CT molecular complexity index is 497. The van der Waals surface area contributed by atoms with Crippen LogP contribution in [0.2, 0.25) is 0 Å². The van der Waals surface area contributed by atoms with Gasteiger partial charge in [-0.2, -0.15) is 5.26 Å². The maximum atomic E-state index is 13.2. The fraction of sp³-hybridized carbons (Fsp3) is 0.308. The second-order valence-corrected chi connectivity index (χ2v) is 3.64. The molecule has 1 amide bonds. The van der Waals surface area contributed by atoms with Crippen LogP contribution in [0, 0.1) is 17.1 Å². The van der Waals surface area contributed by atoms with Gasteiger partial charge in [0.25, 0.3) is 5.91 Å². The van der Waals surface area contributed by atoms with Gasteiger partial charge in [-0.25, -0.2) is 4.39 Å². The van der Waals surface area contributed by atoms with Crippen molar-refractivity contribution in [3.63, 3.8) is 0 Å². The number of halogens is 1. The first-order valence-corrected chi connectivity index (χ1v) is 5.70. The van der Waals surface area contributed by atoms with E-state index in [2.05, 4.69) is 5.32 Å². The third kappa shape index (κ3) is 5.17. The molecule has 1 rings (SSSR count). The van der Waals surface area contributed by atoms with Gasteiger partial charge in [-0.15, -0.1) is 0 Å². The lowest BCUT2D eigenvalue weighted by atomic mass is 10.2. The average molecular weight is 264 g/mol. The minimum absolute atomic E-state index is 0.125. The lowest BCUT2D eigenvalue weighted by molar-refractivity contribution is -0.142. The van der Waals surface area contributed by atoms with Gasteiger partial charge in [0.05, 0.1) is 18.2 Å². The molecule has 0 aliphatic carbocycles. The van der Waals surface area contributed by atoms with Crippen molar-refractivity contribution in [2.75, 3.05) is 13.2 Å². The zero-order chi connectivity index (χ0) is 14.1. The van der Waals surface area contributed by atoms with Crippen LogP contribution < -0.4 is 5.32 Å². The zero-order valence-corrected chi connectivity index (χ0v) is 10.2. The van der Waals surface area contributed by atoms with Crippen molar-refractivity contribution in [1.82, 2.24) is 5.32 Å². The van der Waals surface area contributed by atoms with Crippen molar-refractivity contribution in [3.05, 3.63) is 35.6 Å². The molecule has 5 nitrogen and oxygen atoms in total. The Labute approximate surface area is 110 Å². The summed E-state index contributed by atoms with van der Waals surface area (Å²) < 4.78 is 18.0. The average Bonchev–Trinajstić information content (AvgIpc) is 2.41. The number of hydrogen-bond donors (Lipinski definition) is 1. The van der Waals surface area contributed by atoms with Crippen LogP contribution >= 0.6 is 0 Å². The van der Waals surface area contributed by atoms with E-state index in [9.17, 15) is 14.0 Å². The molecule has 1 aromatic carbocycles. The van der Waals surface area contributed by atoms with Gasteiger partial charge in [0.15, 0.2) is 0 Å². The third-order valence-corrected chi connectivity index (χ3v) is 2.21. The van der Waals surface area contributed by atoms with E-state index in [0.29, 0.717) is 12.8 Å². The second-order valence-electron chi connectivity index (χ2n) is 3.64. The molecule has 0 saturated heterocycles. The Hall–Kier alpha value is -2.42. The molecular weight excluding hydrogens is 251 g/mol. The van der Waals surface area contributed by atoms with Crippen LogP contribution in [0.25, 0.3) is 0 Å². The SMILES string of the molecule is N#CCCCOC(=O)CNC(=O)c1ccccc1F. The van der Waals surface area contributed by atoms with Crippen molar-refractivity contribution < 1.29 is 18.7 Å². The number of hydrogen-bond acceptors (Lipinski definition) is 4. The Morgan fingerprint density at radius 3 is 2.79 bits per heavy atom. The van der Waals surface area contributed by atoms with Gasteiger partial charge in [0.2, 0.25) is 0 Å². The van der Waals surface area contributed by atoms with Crippen LogP contribution in [0.1, 0.15) is 23.2 Å². The van der Waals surface area contributed by atoms with Crippen LogP contribution in [-0.4, -0.2) is 25.0 Å². The number of carbonyl (C=O) groups is 2. The van der Waals surface area contributed by atoms with Crippen LogP contribution in [0.3, 0.4) is 0 Å². The normalized spacial score (nSPS) is 9.47. The number of rotatable bonds is 6. The predicted octanol–water partition coefficient (Wildman–Crippen LogP) is 1.40. The first kappa shape index (κ1) is 14.6. The first-order chi connectivity index (χ1) is 9.15. The van der Waals surface area contributed by atoms with Gasteiger partial charge in [-0.1, -0.05) is 12.1 Å². The summed E-state index contributed by atoms with van der Waals surface area (Å²) >= 11 is 0. The van der Waals surface area contributed by atoms with E-state index >= 15 is 0 Å². The van der Waals surface area contributed by atoms with E-state index < -0.39 is 17.7 Å². The molecule has 6 heteroatoms. The number of nitrogens with zero attached hydrogens (tertiary/aromatic N) is 1. The standard InChI is InChI=1S/C13H13FN2O3/c14-11-6-2-1-5-10(11)13(18)16-9-12(17)19-8-4-3-7-15/h1-2,5-6H,3-4,8-9H2,(H,16,18). The molecule has 1 N–H and O–H groups in total. The van der Waals surface area contributed by atoms with E-state index in [0.717, 1.165) is 6.07 Å². The highest BCUT2D eigenvalue weighted by molar-refractivity contribution is 5.96. The van der Waals surface area contributed by atoms with Gasteiger partial charge < -0.3 is 10.1 Å². The van der Waals surface area contributed by atoms with E-state index in [4.69, 9.17) is 10.00 Å². The summed E-state index contributed by atoms with van der Waals surface area (Å²) in [4.78, 5) is 22.8. The molecule has 19 heavy (non-hydrogen) atoms. The minimum atomic E-state index is -0.674. The van der Waals surface area contributed by atoms with E-state index in [1.807, 2.05) is 6.07 Å². The van der Waals surface area contributed by atoms with Gasteiger partial charge in [0.1, 0.15) is 12.4 Å². The minimum Gasteiger partial charge on any atom is -0.464 e. The number of esters is 1. The predicted molar refractivity (Wildman–Crippen MR) is 64.5 cm³/mol. The summed E-state index contributed by atoms with van der Waals surface area (Å²) in [5.41, 5.74) is -0.125. The lowest BCUT2D eigenvalue weighted by Crippen LogP contribution is -2.31. The molecule has 100 valence electrons. The van der Waals surface area contributed by atoms with Crippen LogP contribution in [0.4, 0.5) is 4.39 Å². The summed E-state index contributed by atoms with van der Waals surface area (Å²) in [6.07, 6.45) is 0.748. The van der Waals surface area contributed by atoms with Crippen molar-refractivity contribution in [1.29, 1.82) is 5.26 Å². The smallest absolute Gasteiger partial charge is 0.325 e. The molecule has 1 aromatic rings. The molecule has 0 saturated carbocycles. The molecular formula is C13H13FN2O3. The second kappa shape index (κ2) is 7.82. The third-order valence-electron chi connectivity index (χ3n) is 2.21. The molecule has 0 spiro atoms. The first-order valence-electron chi connectivity index (χ1n) is 5.70. The number of benzene rings is 1. The van der Waals surface area contributed by atoms with E-state index in [1.165, 1.54) is 18.2 Å². The summed E-state index contributed by atoms with van der Waals surface area (Å²) in [6.45, 7) is -0.207. The molecule has 0 unspecified atom stereocenters. The number of unbranched alkanes of at least 4 members (excludes halogenated alkanes) is 1. The Balaban J connectivity index is 2.33. The van der Waals surface area contributed by atoms with Gasteiger partial charge in [-0.3, -0.25) is 9.59 Å². The molecule has 0 aliphatic rings. The summed E-state index contributed by atoms with van der Waals surface area (Å²) in [5, 5.41) is 10.5. The van der Waals surface area contributed by atoms with Crippen molar-refractivity contribution in [2.24, 2.45) is 0 Å². The van der Waals surface area contributed by atoms with Gasteiger partial charge in [0, 0.05) is 6.42 Å². The van der Waals surface area contributed by atoms with Gasteiger partial charge >= 0.3 is 5.97 Å². The number of nitrogens with one attached hydrogen (secondary N) is 1. The number of carbonyl (C=O) groups excluding carboxylic acids is 2. The number of nitriles is 1. The van der Waals surface area contributed by atoms with E-state index in [-0.39, 0.29) is 18.7 Å². The molecule has 0 aliphatic heterocycles. The van der Waals surface area contributed by atoms with Crippen LogP contribution in [0.15, 0.2) is 24.3 Å². The maximum absolute atomic E-state index is 13.2. The molecule has 0 bridgehead atoms. The largest absolute Gasteiger partial charge is 0.464 e. The zero-order valence-electron chi connectivity index (χ0n) is 10.2. The molecule has 0 atom stereocenters. The maximum Gasteiger partial charge on any atom is 0.325 e. The molecule has 0 fully saturated rings. The monoisotopic (exact) mass is 264 g/mol. The fourth-order valence-electron chi connectivity index (χ4n) is 1.28. The number of ether oxygens (including phenoxy) is 1. The highest BCUT2D eigenvalue weighted by Gasteiger charge is 2.12. The number of amides is 1. The quantitative estimate of drug-likeness (QED) is 0.622.